The maximum absolute atomic E-state index is 12.2. The van der Waals surface area contributed by atoms with Crippen molar-refractivity contribution in [1.29, 1.82) is 0 Å². The minimum Gasteiger partial charge on any atom is -0.497 e. The molecular formula is C18H25N5O2. The zero-order valence-corrected chi connectivity index (χ0v) is 14.6. The number of likely N-dealkylation sites (tertiary alicyclic amines) is 1. The lowest BCUT2D eigenvalue weighted by Gasteiger charge is -2.23. The molecule has 1 aromatic carbocycles. The van der Waals surface area contributed by atoms with E-state index in [0.717, 1.165) is 38.1 Å². The molecule has 3 rings (SSSR count). The lowest BCUT2D eigenvalue weighted by Crippen LogP contribution is -2.41. The second-order valence-electron chi connectivity index (χ2n) is 6.33. The summed E-state index contributed by atoms with van der Waals surface area (Å²) in [5, 5.41) is 7.18. The van der Waals surface area contributed by atoms with Crippen molar-refractivity contribution < 1.29 is 9.53 Å². The number of benzene rings is 1. The Kier molecular flexibility index (Phi) is 6.00. The molecule has 134 valence electrons. The first-order valence-corrected chi connectivity index (χ1v) is 8.70. The number of rotatable bonds is 8. The summed E-state index contributed by atoms with van der Waals surface area (Å²) in [6, 6.07) is 8.29. The normalized spacial score (nSPS) is 17.6. The van der Waals surface area contributed by atoms with Crippen LogP contribution in [0.25, 0.3) is 0 Å². The summed E-state index contributed by atoms with van der Waals surface area (Å²) in [5.41, 5.74) is 1.19. The largest absolute Gasteiger partial charge is 0.497 e. The van der Waals surface area contributed by atoms with E-state index in [9.17, 15) is 4.79 Å². The maximum Gasteiger partial charge on any atom is 0.234 e. The van der Waals surface area contributed by atoms with Gasteiger partial charge in [-0.3, -0.25) is 14.4 Å². The van der Waals surface area contributed by atoms with Gasteiger partial charge in [0.25, 0.3) is 0 Å². The second kappa shape index (κ2) is 8.62. The minimum absolute atomic E-state index is 0.0824. The van der Waals surface area contributed by atoms with E-state index >= 15 is 0 Å². The van der Waals surface area contributed by atoms with Crippen LogP contribution in [0, 0.1) is 0 Å². The van der Waals surface area contributed by atoms with E-state index in [1.54, 1.807) is 19.8 Å². The Balaban J connectivity index is 1.40. The minimum atomic E-state index is 0.0824. The van der Waals surface area contributed by atoms with Crippen molar-refractivity contribution in [2.75, 3.05) is 26.7 Å². The Hall–Kier alpha value is -2.41. The van der Waals surface area contributed by atoms with Gasteiger partial charge in [-0.05, 0) is 43.5 Å². The SMILES string of the molecule is COc1ccc(CCNC(=O)CN2CCCC2Cn2cncn2)cc1. The highest BCUT2D eigenvalue weighted by Crippen LogP contribution is 2.18. The molecule has 0 aliphatic carbocycles. The molecule has 2 heterocycles. The van der Waals surface area contributed by atoms with Gasteiger partial charge in [0.15, 0.2) is 0 Å². The van der Waals surface area contributed by atoms with E-state index in [-0.39, 0.29) is 5.91 Å². The highest BCUT2D eigenvalue weighted by Gasteiger charge is 2.26. The highest BCUT2D eigenvalue weighted by molar-refractivity contribution is 5.78. The third-order valence-corrected chi connectivity index (χ3v) is 4.61. The lowest BCUT2D eigenvalue weighted by molar-refractivity contribution is -0.122. The number of ether oxygens (including phenoxy) is 1. The zero-order valence-electron chi connectivity index (χ0n) is 14.6. The Morgan fingerprint density at radius 3 is 2.92 bits per heavy atom. The van der Waals surface area contributed by atoms with E-state index in [2.05, 4.69) is 20.3 Å². The fourth-order valence-corrected chi connectivity index (χ4v) is 3.23. The van der Waals surface area contributed by atoms with Gasteiger partial charge >= 0.3 is 0 Å². The number of nitrogens with zero attached hydrogens (tertiary/aromatic N) is 4. The summed E-state index contributed by atoms with van der Waals surface area (Å²) in [5.74, 6) is 0.930. The van der Waals surface area contributed by atoms with Crippen molar-refractivity contribution in [3.63, 3.8) is 0 Å². The first-order chi connectivity index (χ1) is 12.2. The predicted octanol–water partition coefficient (Wildman–Crippen LogP) is 1.11. The Bertz CT molecular complexity index is 657. The summed E-state index contributed by atoms with van der Waals surface area (Å²) in [4.78, 5) is 18.4. The number of carbonyl (C=O) groups is 1. The van der Waals surface area contributed by atoms with Crippen LogP contribution in [-0.2, 0) is 17.8 Å². The van der Waals surface area contributed by atoms with E-state index in [1.165, 1.54) is 5.56 Å². The van der Waals surface area contributed by atoms with E-state index in [4.69, 9.17) is 4.74 Å². The Morgan fingerprint density at radius 1 is 1.36 bits per heavy atom. The first kappa shape index (κ1) is 17.4. The average molecular weight is 343 g/mol. The van der Waals surface area contributed by atoms with Crippen LogP contribution in [-0.4, -0.2) is 58.4 Å². The van der Waals surface area contributed by atoms with Gasteiger partial charge in [0, 0.05) is 12.6 Å². The molecule has 1 aliphatic rings. The molecule has 1 atom stereocenters. The van der Waals surface area contributed by atoms with Crippen LogP contribution in [0.1, 0.15) is 18.4 Å². The summed E-state index contributed by atoms with van der Waals surface area (Å²) >= 11 is 0. The van der Waals surface area contributed by atoms with Crippen molar-refractivity contribution in [1.82, 2.24) is 25.0 Å². The second-order valence-corrected chi connectivity index (χ2v) is 6.33. The Labute approximate surface area is 148 Å². The van der Waals surface area contributed by atoms with Crippen LogP contribution >= 0.6 is 0 Å². The first-order valence-electron chi connectivity index (χ1n) is 8.70. The van der Waals surface area contributed by atoms with E-state index < -0.39 is 0 Å². The third kappa shape index (κ3) is 5.03. The van der Waals surface area contributed by atoms with Crippen molar-refractivity contribution in [3.8, 4) is 5.75 Å². The summed E-state index contributed by atoms with van der Waals surface area (Å²) in [6.07, 6.45) is 6.31. The standard InChI is InChI=1S/C18H25N5O2/c1-25-17-6-4-15(5-7-17)8-9-20-18(24)12-22-10-2-3-16(22)11-23-14-19-13-21-23/h4-7,13-14,16H,2-3,8-12H2,1H3,(H,20,24). The maximum atomic E-state index is 12.2. The van der Waals surface area contributed by atoms with Crippen LogP contribution in [0.5, 0.6) is 5.75 Å². The highest BCUT2D eigenvalue weighted by atomic mass is 16.5. The summed E-state index contributed by atoms with van der Waals surface area (Å²) in [6.45, 7) is 2.85. The number of nitrogens with one attached hydrogen (secondary N) is 1. The van der Waals surface area contributed by atoms with Crippen LogP contribution in [0.15, 0.2) is 36.9 Å². The number of methoxy groups -OCH3 is 1. The van der Waals surface area contributed by atoms with Crippen molar-refractivity contribution in [3.05, 3.63) is 42.5 Å². The summed E-state index contributed by atoms with van der Waals surface area (Å²) < 4.78 is 6.99. The van der Waals surface area contributed by atoms with Gasteiger partial charge in [-0.1, -0.05) is 12.1 Å². The number of aromatic nitrogens is 3. The van der Waals surface area contributed by atoms with Crippen LogP contribution in [0.3, 0.4) is 0 Å². The van der Waals surface area contributed by atoms with E-state index in [1.807, 2.05) is 28.9 Å². The fourth-order valence-electron chi connectivity index (χ4n) is 3.23. The molecule has 0 bridgehead atoms. The fraction of sp³-hybridized carbons (Fsp3) is 0.500. The van der Waals surface area contributed by atoms with Crippen LogP contribution < -0.4 is 10.1 Å². The third-order valence-electron chi connectivity index (χ3n) is 4.61. The van der Waals surface area contributed by atoms with E-state index in [0.29, 0.717) is 19.1 Å². The molecule has 7 heteroatoms. The molecule has 0 spiro atoms. The van der Waals surface area contributed by atoms with Gasteiger partial charge in [0.05, 0.1) is 20.2 Å². The zero-order chi connectivity index (χ0) is 17.5. The molecule has 1 aromatic heterocycles. The molecule has 1 amide bonds. The quantitative estimate of drug-likeness (QED) is 0.777. The van der Waals surface area contributed by atoms with Gasteiger partial charge in [-0.15, -0.1) is 0 Å². The van der Waals surface area contributed by atoms with Gasteiger partial charge < -0.3 is 10.1 Å². The monoisotopic (exact) mass is 343 g/mol. The summed E-state index contributed by atoms with van der Waals surface area (Å²) in [7, 11) is 1.66. The molecule has 25 heavy (non-hydrogen) atoms. The molecule has 1 aliphatic heterocycles. The molecule has 1 saturated heterocycles. The van der Waals surface area contributed by atoms with Crippen molar-refractivity contribution >= 4 is 5.91 Å². The van der Waals surface area contributed by atoms with Gasteiger partial charge in [0.1, 0.15) is 18.4 Å². The molecule has 1 fully saturated rings. The number of hydrogen-bond donors (Lipinski definition) is 1. The molecular weight excluding hydrogens is 318 g/mol. The molecule has 7 nitrogen and oxygen atoms in total. The molecule has 1 N–H and O–H groups in total. The van der Waals surface area contributed by atoms with Crippen molar-refractivity contribution in [2.24, 2.45) is 0 Å². The van der Waals surface area contributed by atoms with Gasteiger partial charge in [-0.25, -0.2) is 4.98 Å². The van der Waals surface area contributed by atoms with Gasteiger partial charge in [0.2, 0.25) is 5.91 Å². The molecule has 1 unspecified atom stereocenters. The lowest BCUT2D eigenvalue weighted by atomic mass is 10.1. The van der Waals surface area contributed by atoms with Crippen molar-refractivity contribution in [2.45, 2.75) is 31.8 Å². The number of carbonyl (C=O) groups excluding carboxylic acids is 1. The van der Waals surface area contributed by atoms with Crippen LogP contribution in [0.4, 0.5) is 0 Å². The average Bonchev–Trinajstić information content (AvgIpc) is 3.28. The predicted molar refractivity (Wildman–Crippen MR) is 94.3 cm³/mol. The number of hydrogen-bond acceptors (Lipinski definition) is 5. The van der Waals surface area contributed by atoms with Gasteiger partial charge in [-0.2, -0.15) is 5.10 Å². The molecule has 0 radical (unpaired) electrons. The Morgan fingerprint density at radius 2 is 2.20 bits per heavy atom. The van der Waals surface area contributed by atoms with Crippen LogP contribution in [0.2, 0.25) is 0 Å². The topological polar surface area (TPSA) is 72.3 Å². The smallest absolute Gasteiger partial charge is 0.234 e. The number of amides is 1. The molecule has 2 aromatic rings. The molecule has 0 saturated carbocycles.